The normalized spacial score (nSPS) is 10.7. The van der Waals surface area contributed by atoms with Crippen LogP contribution >= 0.6 is 0 Å². The van der Waals surface area contributed by atoms with Gasteiger partial charge in [-0.2, -0.15) is 8.42 Å². The van der Waals surface area contributed by atoms with Crippen molar-refractivity contribution in [3.63, 3.8) is 0 Å². The summed E-state index contributed by atoms with van der Waals surface area (Å²) in [5, 5.41) is 0. The van der Waals surface area contributed by atoms with E-state index in [4.69, 9.17) is 4.55 Å². The highest BCUT2D eigenvalue weighted by atomic mass is 32.2. The third-order valence-corrected chi connectivity index (χ3v) is 2.43. The second-order valence-electron chi connectivity index (χ2n) is 2.38. The quantitative estimate of drug-likeness (QED) is 0.715. The van der Waals surface area contributed by atoms with E-state index in [0.717, 1.165) is 18.2 Å². The average Bonchev–Trinajstić information content (AvgIpc) is 1.83. The van der Waals surface area contributed by atoms with Gasteiger partial charge in [-0.05, 0) is 30.7 Å². The monoisotopic (exact) mass is 210 g/mol. The number of rotatable bonds is 1. The highest BCUT2D eigenvalue weighted by molar-refractivity contribution is 7.85. The predicted molar refractivity (Wildman–Crippen MR) is 43.5 cm³/mol. The molecule has 0 unspecified atom stereocenters. The van der Waals surface area contributed by atoms with Crippen LogP contribution in [0.1, 0.15) is 5.56 Å². The second kappa shape index (κ2) is 3.80. The van der Waals surface area contributed by atoms with Crippen LogP contribution in [0.25, 0.3) is 0 Å². The molecule has 1 aromatic rings. The second-order valence-corrected chi connectivity index (χ2v) is 3.77. The first-order valence-corrected chi connectivity index (χ1v) is 4.59. The topological polar surface area (TPSA) is 54.4 Å². The molecule has 0 saturated heterocycles. The molecule has 1 rings (SSSR count). The molecule has 1 N–H and O–H groups in total. The zero-order valence-corrected chi connectivity index (χ0v) is 7.51. The molecule has 74 valence electrons. The van der Waals surface area contributed by atoms with E-state index in [1.165, 1.54) is 6.92 Å². The van der Waals surface area contributed by atoms with Gasteiger partial charge in [-0.1, -0.05) is 0 Å². The molecule has 13 heavy (non-hydrogen) atoms. The summed E-state index contributed by atoms with van der Waals surface area (Å²) in [6.07, 6.45) is 0. The summed E-state index contributed by atoms with van der Waals surface area (Å²) >= 11 is 0. The summed E-state index contributed by atoms with van der Waals surface area (Å²) in [5.74, 6) is -0.528. The van der Waals surface area contributed by atoms with Gasteiger partial charge < -0.3 is 0 Å². The van der Waals surface area contributed by atoms with Crippen molar-refractivity contribution >= 4 is 10.1 Å². The summed E-state index contributed by atoms with van der Waals surface area (Å²) in [6.45, 7) is 1.41. The van der Waals surface area contributed by atoms with Crippen LogP contribution in [-0.4, -0.2) is 13.0 Å². The van der Waals surface area contributed by atoms with Crippen LogP contribution in [0.2, 0.25) is 0 Å². The van der Waals surface area contributed by atoms with Crippen molar-refractivity contribution in [2.75, 3.05) is 0 Å². The summed E-state index contributed by atoms with van der Waals surface area (Å²) < 4.78 is 42.3. The lowest BCUT2D eigenvalue weighted by Gasteiger charge is -2.00. The molecule has 3 nitrogen and oxygen atoms in total. The number of benzene rings is 1. The third-order valence-electron chi connectivity index (χ3n) is 1.41. The van der Waals surface area contributed by atoms with Crippen molar-refractivity contribution in [2.24, 2.45) is 0 Å². The van der Waals surface area contributed by atoms with Crippen LogP contribution in [0.4, 0.5) is 9.09 Å². The molecular weight excluding hydrogens is 202 g/mol. The summed E-state index contributed by atoms with van der Waals surface area (Å²) in [5.41, 5.74) is 0.192. The van der Waals surface area contributed by atoms with Crippen LogP contribution in [0, 0.1) is 12.7 Å². The third kappa shape index (κ3) is 2.74. The first-order valence-electron chi connectivity index (χ1n) is 3.15. The minimum absolute atomic E-state index is 0. The molecule has 0 spiro atoms. The Labute approximate surface area is 74.3 Å². The number of hydrogen-bond acceptors (Lipinski definition) is 2. The molecule has 0 heterocycles. The minimum Gasteiger partial charge on any atom is -0.282 e. The first kappa shape index (κ1) is 12.0. The highest BCUT2D eigenvalue weighted by Gasteiger charge is 2.12. The van der Waals surface area contributed by atoms with E-state index in [-0.39, 0.29) is 15.2 Å². The number of hydrogen-bond donors (Lipinski definition) is 1. The lowest BCUT2D eigenvalue weighted by Crippen LogP contribution is -2.00. The maximum Gasteiger partial charge on any atom is 0.294 e. The lowest BCUT2D eigenvalue weighted by atomic mass is 10.2. The smallest absolute Gasteiger partial charge is 0.282 e. The Kier molecular flexibility index (Phi) is 3.50. The van der Waals surface area contributed by atoms with Crippen molar-refractivity contribution < 1.29 is 22.1 Å². The van der Waals surface area contributed by atoms with Crippen LogP contribution in [-0.2, 0) is 10.1 Å². The zero-order valence-electron chi connectivity index (χ0n) is 6.69. The van der Waals surface area contributed by atoms with Gasteiger partial charge in [0.1, 0.15) is 5.82 Å². The molecule has 0 aliphatic heterocycles. The van der Waals surface area contributed by atoms with Crippen LogP contribution in [0.3, 0.4) is 0 Å². The van der Waals surface area contributed by atoms with E-state index < -0.39 is 15.9 Å². The van der Waals surface area contributed by atoms with Crippen molar-refractivity contribution in [3.05, 3.63) is 29.6 Å². The Morgan fingerprint density at radius 2 is 1.92 bits per heavy atom. The molecule has 1 aromatic carbocycles. The molecule has 0 aliphatic carbocycles. The average molecular weight is 210 g/mol. The Morgan fingerprint density at radius 3 is 2.31 bits per heavy atom. The first-order chi connectivity index (χ1) is 5.41. The van der Waals surface area contributed by atoms with E-state index in [0.29, 0.717) is 0 Å². The molecule has 0 saturated carbocycles. The van der Waals surface area contributed by atoms with Gasteiger partial charge in [-0.25, -0.2) is 4.39 Å². The Hall–Kier alpha value is -1.01. The van der Waals surface area contributed by atoms with Crippen LogP contribution in [0.15, 0.2) is 23.1 Å². The molecule has 0 bridgehead atoms. The maximum absolute atomic E-state index is 12.5. The van der Waals surface area contributed by atoms with Gasteiger partial charge in [0.15, 0.2) is 0 Å². The molecule has 0 fully saturated rings. The lowest BCUT2D eigenvalue weighted by molar-refractivity contribution is 0.482. The molecule has 0 amide bonds. The highest BCUT2D eigenvalue weighted by Crippen LogP contribution is 2.15. The van der Waals surface area contributed by atoms with E-state index >= 15 is 0 Å². The van der Waals surface area contributed by atoms with Gasteiger partial charge in [0.05, 0.1) is 4.90 Å². The van der Waals surface area contributed by atoms with Crippen molar-refractivity contribution in [1.82, 2.24) is 0 Å². The Bertz CT molecular complexity index is 400. The van der Waals surface area contributed by atoms with E-state index in [1.807, 2.05) is 0 Å². The van der Waals surface area contributed by atoms with Gasteiger partial charge in [0.25, 0.3) is 10.1 Å². The minimum atomic E-state index is -4.22. The fourth-order valence-corrected chi connectivity index (χ4v) is 1.61. The van der Waals surface area contributed by atoms with Crippen molar-refractivity contribution in [1.29, 1.82) is 0 Å². The molecule has 0 atom stereocenters. The molecule has 0 aliphatic rings. The molecule has 0 radical (unpaired) electrons. The van der Waals surface area contributed by atoms with Gasteiger partial charge >= 0.3 is 0 Å². The van der Waals surface area contributed by atoms with Gasteiger partial charge in [-0.3, -0.25) is 9.26 Å². The van der Waals surface area contributed by atoms with Crippen LogP contribution < -0.4 is 0 Å². The predicted octanol–water partition coefficient (Wildman–Crippen LogP) is 1.53. The fraction of sp³-hybridized carbons (Fsp3) is 0.143. The number of halogens is 2. The van der Waals surface area contributed by atoms with E-state index in [1.54, 1.807) is 0 Å². The van der Waals surface area contributed by atoms with E-state index in [2.05, 4.69) is 0 Å². The Morgan fingerprint density at radius 1 is 1.38 bits per heavy atom. The van der Waals surface area contributed by atoms with Crippen molar-refractivity contribution in [2.45, 2.75) is 11.8 Å². The standard InChI is InChI=1S/C7H7FO3S.FH/c1-5-4-6(8)2-3-7(5)12(9,10)11;/h2-4H,1H3,(H,9,10,11);1H. The maximum atomic E-state index is 12.5. The summed E-state index contributed by atoms with van der Waals surface area (Å²) in [6, 6.07) is 3.05. The summed E-state index contributed by atoms with van der Waals surface area (Å²) in [7, 11) is -4.22. The SMILES string of the molecule is Cc1cc(F)ccc1S(=O)(=O)O.F. The largest absolute Gasteiger partial charge is 0.294 e. The van der Waals surface area contributed by atoms with Crippen LogP contribution in [0.5, 0.6) is 0 Å². The Balaban J connectivity index is 0.00000144. The zero-order chi connectivity index (χ0) is 9.35. The van der Waals surface area contributed by atoms with Gasteiger partial charge in [0, 0.05) is 0 Å². The molecule has 6 heteroatoms. The van der Waals surface area contributed by atoms with Crippen molar-refractivity contribution in [3.8, 4) is 0 Å². The fourth-order valence-electron chi connectivity index (χ4n) is 0.902. The van der Waals surface area contributed by atoms with Gasteiger partial charge in [0.2, 0.25) is 0 Å². The van der Waals surface area contributed by atoms with E-state index in [9.17, 15) is 12.8 Å². The molecule has 0 aromatic heterocycles. The summed E-state index contributed by atoms with van der Waals surface area (Å²) in [4.78, 5) is -0.260. The molecular formula is C7H8F2O3S. The van der Waals surface area contributed by atoms with Gasteiger partial charge in [-0.15, -0.1) is 0 Å². The number of aryl methyl sites for hydroxylation is 1.